The van der Waals surface area contributed by atoms with Gasteiger partial charge in [0.25, 0.3) is 5.69 Å². The molecule has 8 nitrogen and oxygen atoms in total. The Morgan fingerprint density at radius 2 is 1.96 bits per heavy atom. The van der Waals surface area contributed by atoms with Crippen molar-refractivity contribution in [2.75, 3.05) is 45.2 Å². The Balaban J connectivity index is 1.49. The molecule has 0 unspecified atom stereocenters. The Morgan fingerprint density at radius 3 is 2.57 bits per heavy atom. The molecule has 1 saturated heterocycles. The van der Waals surface area contributed by atoms with E-state index in [9.17, 15) is 14.9 Å². The van der Waals surface area contributed by atoms with E-state index in [0.717, 1.165) is 37.1 Å². The number of nitro benzene ring substituents is 1. The van der Waals surface area contributed by atoms with Crippen LogP contribution in [0.25, 0.3) is 0 Å². The lowest BCUT2D eigenvalue weighted by Crippen LogP contribution is -2.48. The zero-order valence-electron chi connectivity index (χ0n) is 15.4. The van der Waals surface area contributed by atoms with Crippen LogP contribution in [0.1, 0.15) is 4.88 Å². The number of carbonyl (C=O) groups is 1. The Hall–Kier alpha value is -2.20. The lowest BCUT2D eigenvalue weighted by atomic mass is 10.2. The number of rotatable bonds is 7. The van der Waals surface area contributed by atoms with E-state index < -0.39 is 4.92 Å². The predicted molar refractivity (Wildman–Crippen MR) is 109 cm³/mol. The van der Waals surface area contributed by atoms with Gasteiger partial charge in [-0.1, -0.05) is 11.6 Å². The molecule has 28 heavy (non-hydrogen) atoms. The molecule has 1 amide bonds. The van der Waals surface area contributed by atoms with Gasteiger partial charge in [-0.15, -0.1) is 11.3 Å². The largest absolute Gasteiger partial charge is 0.494 e. The van der Waals surface area contributed by atoms with Crippen LogP contribution in [0.15, 0.2) is 30.3 Å². The zero-order chi connectivity index (χ0) is 20.1. The number of anilines is 1. The summed E-state index contributed by atoms with van der Waals surface area (Å²) in [6, 6.07) is 8.08. The fourth-order valence-electron chi connectivity index (χ4n) is 3.05. The minimum Gasteiger partial charge on any atom is -0.494 e. The fourth-order valence-corrected chi connectivity index (χ4v) is 4.18. The van der Waals surface area contributed by atoms with Crippen molar-refractivity contribution in [1.82, 2.24) is 9.80 Å². The number of carbonyl (C=O) groups excluding carboxylic acids is 1. The summed E-state index contributed by atoms with van der Waals surface area (Å²) in [4.78, 5) is 28.4. The number of thiophene rings is 1. The molecular weight excluding hydrogens is 404 g/mol. The molecule has 0 saturated carbocycles. The number of nitro groups is 1. The van der Waals surface area contributed by atoms with Gasteiger partial charge in [0.2, 0.25) is 5.91 Å². The van der Waals surface area contributed by atoms with Crippen molar-refractivity contribution in [3.63, 3.8) is 0 Å². The molecule has 3 rings (SSSR count). The number of halogens is 1. The molecule has 2 heterocycles. The lowest BCUT2D eigenvalue weighted by Gasteiger charge is -2.34. The second kappa shape index (κ2) is 9.33. The number of piperazine rings is 1. The van der Waals surface area contributed by atoms with Crippen LogP contribution in [-0.2, 0) is 11.3 Å². The molecule has 0 radical (unpaired) electrons. The first-order valence-electron chi connectivity index (χ1n) is 8.76. The van der Waals surface area contributed by atoms with Gasteiger partial charge in [0.15, 0.2) is 0 Å². The molecule has 1 aliphatic rings. The van der Waals surface area contributed by atoms with Crippen molar-refractivity contribution >= 4 is 40.2 Å². The van der Waals surface area contributed by atoms with E-state index in [1.807, 2.05) is 12.1 Å². The first-order chi connectivity index (χ1) is 13.4. The number of nitrogens with one attached hydrogen (secondary N) is 1. The van der Waals surface area contributed by atoms with Crippen LogP contribution < -0.4 is 10.1 Å². The molecule has 2 aromatic rings. The van der Waals surface area contributed by atoms with Crippen molar-refractivity contribution in [3.8, 4) is 5.75 Å². The number of nitrogens with zero attached hydrogens (tertiary/aromatic N) is 3. The van der Waals surface area contributed by atoms with Gasteiger partial charge in [-0.3, -0.25) is 24.7 Å². The molecule has 1 N–H and O–H groups in total. The van der Waals surface area contributed by atoms with E-state index in [1.54, 1.807) is 11.3 Å². The maximum Gasteiger partial charge on any atom is 0.273 e. The van der Waals surface area contributed by atoms with Crippen LogP contribution in [0.3, 0.4) is 0 Å². The van der Waals surface area contributed by atoms with Crippen molar-refractivity contribution in [3.05, 3.63) is 49.7 Å². The SMILES string of the molecule is COc1cc([N+](=O)[O-])ccc1NC(=O)CN1CCN(Cc2ccc(Cl)s2)CC1. The minimum atomic E-state index is -0.502. The molecule has 1 aromatic carbocycles. The van der Waals surface area contributed by atoms with Crippen LogP contribution in [0, 0.1) is 10.1 Å². The van der Waals surface area contributed by atoms with E-state index in [0.29, 0.717) is 5.69 Å². The predicted octanol–water partition coefficient (Wildman–Crippen LogP) is 3.07. The average Bonchev–Trinajstić information content (AvgIpc) is 3.08. The number of ether oxygens (including phenoxy) is 1. The quantitative estimate of drug-likeness (QED) is 0.542. The monoisotopic (exact) mass is 424 g/mol. The van der Waals surface area contributed by atoms with E-state index in [4.69, 9.17) is 16.3 Å². The molecule has 1 aromatic heterocycles. The molecular formula is C18H21ClN4O4S. The van der Waals surface area contributed by atoms with E-state index >= 15 is 0 Å². The van der Waals surface area contributed by atoms with Crippen LogP contribution in [-0.4, -0.2) is 60.5 Å². The van der Waals surface area contributed by atoms with Crippen molar-refractivity contribution in [2.45, 2.75) is 6.54 Å². The number of hydrogen-bond donors (Lipinski definition) is 1. The fraction of sp³-hybridized carbons (Fsp3) is 0.389. The molecule has 0 atom stereocenters. The molecule has 1 fully saturated rings. The van der Waals surface area contributed by atoms with Crippen molar-refractivity contribution in [2.24, 2.45) is 0 Å². The summed E-state index contributed by atoms with van der Waals surface area (Å²) in [5.74, 6) is 0.0904. The van der Waals surface area contributed by atoms with Gasteiger partial charge in [-0.25, -0.2) is 0 Å². The van der Waals surface area contributed by atoms with Gasteiger partial charge in [-0.2, -0.15) is 0 Å². The lowest BCUT2D eigenvalue weighted by molar-refractivity contribution is -0.384. The number of non-ortho nitro benzene ring substituents is 1. The second-order valence-electron chi connectivity index (χ2n) is 6.45. The minimum absolute atomic E-state index is 0.0852. The molecule has 0 aliphatic carbocycles. The van der Waals surface area contributed by atoms with Gasteiger partial charge in [0.05, 0.1) is 34.7 Å². The Kier molecular flexibility index (Phi) is 6.84. The van der Waals surface area contributed by atoms with E-state index in [1.165, 1.54) is 30.2 Å². The Morgan fingerprint density at radius 1 is 1.25 bits per heavy atom. The molecule has 10 heteroatoms. The van der Waals surface area contributed by atoms with Gasteiger partial charge < -0.3 is 10.1 Å². The summed E-state index contributed by atoms with van der Waals surface area (Å²) < 4.78 is 5.95. The number of amides is 1. The summed E-state index contributed by atoms with van der Waals surface area (Å²) in [6.45, 7) is 4.48. The molecule has 0 bridgehead atoms. The topological polar surface area (TPSA) is 87.9 Å². The third-order valence-electron chi connectivity index (χ3n) is 4.51. The zero-order valence-corrected chi connectivity index (χ0v) is 17.0. The van der Waals surface area contributed by atoms with Gasteiger partial charge >= 0.3 is 0 Å². The summed E-state index contributed by atoms with van der Waals surface area (Å²) in [6.07, 6.45) is 0. The first kappa shape index (κ1) is 20.5. The normalized spacial score (nSPS) is 15.4. The number of benzene rings is 1. The molecule has 1 aliphatic heterocycles. The number of methoxy groups -OCH3 is 1. The van der Waals surface area contributed by atoms with Crippen molar-refractivity contribution in [1.29, 1.82) is 0 Å². The average molecular weight is 425 g/mol. The summed E-state index contributed by atoms with van der Waals surface area (Å²) in [5.41, 5.74) is 0.337. The van der Waals surface area contributed by atoms with Crippen LogP contribution in [0.5, 0.6) is 5.75 Å². The molecule has 0 spiro atoms. The van der Waals surface area contributed by atoms with E-state index in [-0.39, 0.29) is 23.9 Å². The van der Waals surface area contributed by atoms with E-state index in [2.05, 4.69) is 15.1 Å². The maximum atomic E-state index is 12.4. The Labute approximate surface area is 171 Å². The highest BCUT2D eigenvalue weighted by Gasteiger charge is 2.20. The molecule has 150 valence electrons. The highest BCUT2D eigenvalue weighted by molar-refractivity contribution is 7.16. The van der Waals surface area contributed by atoms with Gasteiger partial charge in [-0.05, 0) is 18.2 Å². The van der Waals surface area contributed by atoms with Crippen LogP contribution in [0.4, 0.5) is 11.4 Å². The maximum absolute atomic E-state index is 12.4. The first-order valence-corrected chi connectivity index (χ1v) is 9.95. The second-order valence-corrected chi connectivity index (χ2v) is 8.25. The number of hydrogen-bond acceptors (Lipinski definition) is 7. The smallest absolute Gasteiger partial charge is 0.273 e. The van der Waals surface area contributed by atoms with Gasteiger partial charge in [0, 0.05) is 43.7 Å². The highest BCUT2D eigenvalue weighted by atomic mass is 35.5. The summed E-state index contributed by atoms with van der Waals surface area (Å²) in [5, 5.41) is 13.6. The van der Waals surface area contributed by atoms with Crippen LogP contribution >= 0.6 is 22.9 Å². The highest BCUT2D eigenvalue weighted by Crippen LogP contribution is 2.29. The van der Waals surface area contributed by atoms with Crippen molar-refractivity contribution < 1.29 is 14.5 Å². The summed E-state index contributed by atoms with van der Waals surface area (Å²) in [7, 11) is 1.41. The standard InChI is InChI=1S/C18H21ClN4O4S/c1-27-16-10-13(23(25)26)2-4-15(16)20-18(24)12-22-8-6-21(7-9-22)11-14-3-5-17(19)28-14/h2-5,10H,6-9,11-12H2,1H3,(H,20,24). The Bertz CT molecular complexity index is 852. The summed E-state index contributed by atoms with van der Waals surface area (Å²) >= 11 is 7.57. The third kappa shape index (κ3) is 5.41. The van der Waals surface area contributed by atoms with Gasteiger partial charge in [0.1, 0.15) is 5.75 Å². The third-order valence-corrected chi connectivity index (χ3v) is 5.73. The van der Waals surface area contributed by atoms with Crippen LogP contribution in [0.2, 0.25) is 4.34 Å².